The van der Waals surface area contributed by atoms with Crippen LogP contribution in [0.1, 0.15) is 36.3 Å². The predicted molar refractivity (Wildman–Crippen MR) is 126 cm³/mol. The molecule has 9 nitrogen and oxygen atoms in total. The summed E-state index contributed by atoms with van der Waals surface area (Å²) >= 11 is 0. The quantitative estimate of drug-likeness (QED) is 0.538. The molecule has 0 saturated carbocycles. The van der Waals surface area contributed by atoms with Crippen LogP contribution in [0, 0.1) is 5.92 Å². The molecule has 3 rings (SSSR count). The third-order valence-corrected chi connectivity index (χ3v) is 7.65. The first-order chi connectivity index (χ1) is 16.8. The van der Waals surface area contributed by atoms with Gasteiger partial charge in [-0.2, -0.15) is 17.5 Å². The number of carbonyl (C=O) groups is 1. The molecule has 1 aromatic heterocycles. The Hall–Kier alpha value is -2.90. The Morgan fingerprint density at radius 2 is 1.94 bits per heavy atom. The minimum atomic E-state index is -4.88. The van der Waals surface area contributed by atoms with Crippen molar-refractivity contribution in [3.05, 3.63) is 51.9 Å². The van der Waals surface area contributed by atoms with E-state index in [1.165, 1.54) is 28.6 Å². The maximum Gasteiger partial charge on any atom is 0.431 e. The molecule has 0 aliphatic carbocycles. The number of sulfonamides is 1. The third-order valence-electron chi connectivity index (χ3n) is 5.44. The number of nitrogens with one attached hydrogen (secondary N) is 1. The molecule has 1 aliphatic rings. The molecule has 0 radical (unpaired) electrons. The number of alkyl halides is 3. The molecule has 2 heterocycles. The Morgan fingerprint density at radius 1 is 1.28 bits per heavy atom. The lowest BCUT2D eigenvalue weighted by Crippen LogP contribution is -2.41. The average Bonchev–Trinajstić information content (AvgIpc) is 3.03. The zero-order valence-corrected chi connectivity index (χ0v) is 20.6. The smallest absolute Gasteiger partial charge is 0.431 e. The van der Waals surface area contributed by atoms with E-state index in [2.05, 4.69) is 0 Å². The van der Waals surface area contributed by atoms with Gasteiger partial charge in [0.2, 0.25) is 10.0 Å². The van der Waals surface area contributed by atoms with Crippen LogP contribution in [0.3, 0.4) is 0 Å². The van der Waals surface area contributed by atoms with Gasteiger partial charge in [-0.3, -0.25) is 9.59 Å². The van der Waals surface area contributed by atoms with Crippen molar-refractivity contribution in [3.8, 4) is 16.9 Å². The fourth-order valence-corrected chi connectivity index (χ4v) is 5.68. The standard InChI is InChI=1S/C23H28F3N3O6S/c1-14(2)13-36(32,33)29-8-3-9-34-17(11-29)12-35-16-6-4-15(5-7-16)18-10-19(21(27)30)22(31)28-20(18)23(24,25)26/h4-7,10,14,17H,3,8-9,11-13H2,1-2H3,(H2,27,30)(H,28,31). The van der Waals surface area contributed by atoms with Crippen LogP contribution in [0.15, 0.2) is 35.1 Å². The number of pyridine rings is 1. The second kappa shape index (κ2) is 11.0. The van der Waals surface area contributed by atoms with Crippen LogP contribution in [0.25, 0.3) is 11.1 Å². The fraction of sp³-hybridized carbons (Fsp3) is 0.478. The van der Waals surface area contributed by atoms with Gasteiger partial charge in [-0.25, -0.2) is 8.42 Å². The number of benzene rings is 1. The molecule has 3 N–H and O–H groups in total. The Kier molecular flexibility index (Phi) is 8.47. The summed E-state index contributed by atoms with van der Waals surface area (Å²) in [5, 5.41) is 0. The number of H-pyrrole nitrogens is 1. The second-order valence-corrected chi connectivity index (χ2v) is 10.9. The number of aromatic nitrogens is 1. The number of amides is 1. The molecule has 1 aromatic carbocycles. The summed E-state index contributed by atoms with van der Waals surface area (Å²) in [6, 6.07) is 6.35. The molecule has 2 aromatic rings. The van der Waals surface area contributed by atoms with Crippen LogP contribution in [0.4, 0.5) is 13.2 Å². The first kappa shape index (κ1) is 27.7. The molecular weight excluding hydrogens is 503 g/mol. The molecule has 198 valence electrons. The van der Waals surface area contributed by atoms with Crippen LogP contribution < -0.4 is 16.0 Å². The van der Waals surface area contributed by atoms with Crippen LogP contribution in [0.2, 0.25) is 0 Å². The number of nitrogens with two attached hydrogens (primary N) is 1. The molecule has 13 heteroatoms. The van der Waals surface area contributed by atoms with Crippen LogP contribution >= 0.6 is 0 Å². The van der Waals surface area contributed by atoms with E-state index in [1.54, 1.807) is 4.98 Å². The normalized spacial score (nSPS) is 17.7. The summed E-state index contributed by atoms with van der Waals surface area (Å²) in [7, 11) is -3.44. The van der Waals surface area contributed by atoms with E-state index in [-0.39, 0.29) is 30.4 Å². The van der Waals surface area contributed by atoms with Crippen LogP contribution in [0.5, 0.6) is 5.75 Å². The number of halogens is 3. The first-order valence-electron chi connectivity index (χ1n) is 11.2. The first-order valence-corrected chi connectivity index (χ1v) is 12.9. The van der Waals surface area contributed by atoms with Crippen molar-refractivity contribution in [1.29, 1.82) is 0 Å². The van der Waals surface area contributed by atoms with E-state index in [0.29, 0.717) is 25.3 Å². The topological polar surface area (TPSA) is 132 Å². The van der Waals surface area contributed by atoms with E-state index >= 15 is 0 Å². The third kappa shape index (κ3) is 6.86. The van der Waals surface area contributed by atoms with Gasteiger partial charge in [0, 0.05) is 25.3 Å². The van der Waals surface area contributed by atoms with Crippen molar-refractivity contribution in [1.82, 2.24) is 9.29 Å². The fourth-order valence-electron chi connectivity index (χ4n) is 3.83. The minimum absolute atomic E-state index is 0.0215. The maximum absolute atomic E-state index is 13.5. The lowest BCUT2D eigenvalue weighted by Gasteiger charge is -2.24. The van der Waals surface area contributed by atoms with Crippen molar-refractivity contribution in [2.75, 3.05) is 32.1 Å². The summed E-state index contributed by atoms with van der Waals surface area (Å²) < 4.78 is 78.6. The SMILES string of the molecule is CC(C)CS(=O)(=O)N1CCCOC(COc2ccc(-c3cc(C(N)=O)c(=O)[nH]c3C(F)(F)F)cc2)C1. The number of hydrogen-bond acceptors (Lipinski definition) is 6. The summed E-state index contributed by atoms with van der Waals surface area (Å²) in [5.74, 6) is -0.827. The number of nitrogens with zero attached hydrogens (tertiary/aromatic N) is 1. The van der Waals surface area contributed by atoms with Crippen molar-refractivity contribution >= 4 is 15.9 Å². The molecule has 1 amide bonds. The highest BCUT2D eigenvalue weighted by Gasteiger charge is 2.36. The average molecular weight is 532 g/mol. The highest BCUT2D eigenvalue weighted by Crippen LogP contribution is 2.35. The van der Waals surface area contributed by atoms with Crippen molar-refractivity contribution in [3.63, 3.8) is 0 Å². The molecule has 1 unspecified atom stereocenters. The molecule has 36 heavy (non-hydrogen) atoms. The summed E-state index contributed by atoms with van der Waals surface area (Å²) in [4.78, 5) is 25.0. The number of primary amides is 1. The van der Waals surface area contributed by atoms with Crippen molar-refractivity contribution in [2.24, 2.45) is 11.7 Å². The second-order valence-electron chi connectivity index (χ2n) is 8.87. The van der Waals surface area contributed by atoms with Gasteiger partial charge in [0.25, 0.3) is 11.5 Å². The van der Waals surface area contributed by atoms with Gasteiger partial charge in [0.1, 0.15) is 29.7 Å². The monoisotopic (exact) mass is 531 g/mol. The molecule has 0 spiro atoms. The van der Waals surface area contributed by atoms with Gasteiger partial charge in [0.15, 0.2) is 0 Å². The van der Waals surface area contributed by atoms with Gasteiger partial charge in [-0.15, -0.1) is 0 Å². The summed E-state index contributed by atoms with van der Waals surface area (Å²) in [6.07, 6.45) is -4.85. The zero-order chi connectivity index (χ0) is 26.7. The van der Waals surface area contributed by atoms with Gasteiger partial charge in [0.05, 0.1) is 5.75 Å². The van der Waals surface area contributed by atoms with E-state index in [1.807, 2.05) is 13.8 Å². The molecular formula is C23H28F3N3O6S. The Balaban J connectivity index is 1.76. The van der Waals surface area contributed by atoms with Crippen molar-refractivity contribution in [2.45, 2.75) is 32.5 Å². The number of ether oxygens (including phenoxy) is 2. The van der Waals surface area contributed by atoms with Crippen LogP contribution in [-0.4, -0.2) is 61.8 Å². The van der Waals surface area contributed by atoms with Crippen LogP contribution in [-0.2, 0) is 20.9 Å². The molecule has 1 atom stereocenters. The molecule has 1 saturated heterocycles. The van der Waals surface area contributed by atoms with Gasteiger partial charge >= 0.3 is 6.18 Å². The zero-order valence-electron chi connectivity index (χ0n) is 19.8. The number of aromatic amines is 1. The molecule has 0 bridgehead atoms. The van der Waals surface area contributed by atoms with Gasteiger partial charge in [-0.1, -0.05) is 26.0 Å². The highest BCUT2D eigenvalue weighted by molar-refractivity contribution is 7.89. The number of hydrogen-bond donors (Lipinski definition) is 2. The number of carbonyl (C=O) groups excluding carboxylic acids is 1. The van der Waals surface area contributed by atoms with Gasteiger partial charge in [-0.05, 0) is 36.1 Å². The van der Waals surface area contributed by atoms with E-state index in [9.17, 15) is 31.2 Å². The lowest BCUT2D eigenvalue weighted by molar-refractivity contribution is -0.140. The summed E-state index contributed by atoms with van der Waals surface area (Å²) in [6.45, 7) is 4.55. The maximum atomic E-state index is 13.5. The summed E-state index contributed by atoms with van der Waals surface area (Å²) in [5.41, 5.74) is 1.64. The molecule has 1 fully saturated rings. The molecule has 1 aliphatic heterocycles. The Morgan fingerprint density at radius 3 is 2.53 bits per heavy atom. The van der Waals surface area contributed by atoms with E-state index < -0.39 is 50.6 Å². The predicted octanol–water partition coefficient (Wildman–Crippen LogP) is 2.62. The Labute approximate surface area is 206 Å². The van der Waals surface area contributed by atoms with E-state index in [0.717, 1.165) is 6.07 Å². The highest BCUT2D eigenvalue weighted by atomic mass is 32.2. The van der Waals surface area contributed by atoms with Crippen molar-refractivity contribution < 1.29 is 35.9 Å². The Bertz CT molecular complexity index is 1240. The number of rotatable bonds is 8. The largest absolute Gasteiger partial charge is 0.491 e. The van der Waals surface area contributed by atoms with Gasteiger partial charge < -0.3 is 20.2 Å². The minimum Gasteiger partial charge on any atom is -0.491 e. The van der Waals surface area contributed by atoms with E-state index in [4.69, 9.17) is 15.2 Å². The lowest BCUT2D eigenvalue weighted by atomic mass is 10.0.